The zero-order valence-electron chi connectivity index (χ0n) is 7.39. The topological polar surface area (TPSA) is 9.23 Å². The summed E-state index contributed by atoms with van der Waals surface area (Å²) in [7, 11) is 0. The Morgan fingerprint density at radius 3 is 2.54 bits per heavy atom. The van der Waals surface area contributed by atoms with Gasteiger partial charge in [0.1, 0.15) is 5.75 Å². The molecule has 1 rings (SSSR count). The Balaban J connectivity index is 2.58. The lowest BCUT2D eigenvalue weighted by molar-refractivity contribution is -0.180. The van der Waals surface area contributed by atoms with E-state index in [0.29, 0.717) is 6.42 Å². The van der Waals surface area contributed by atoms with E-state index in [1.807, 2.05) is 0 Å². The summed E-state index contributed by atoms with van der Waals surface area (Å²) in [5.74, 6) is 0.178. The molecule has 0 aromatic heterocycles. The molecule has 0 unspecified atom stereocenters. The van der Waals surface area contributed by atoms with Gasteiger partial charge in [0.15, 0.2) is 0 Å². The fourth-order valence-corrected chi connectivity index (χ4v) is 0.954. The van der Waals surface area contributed by atoms with Gasteiger partial charge in [-0.05, 0) is 24.6 Å². The van der Waals surface area contributed by atoms with Crippen molar-refractivity contribution in [2.75, 3.05) is 0 Å². The summed E-state index contributed by atoms with van der Waals surface area (Å²) in [5.41, 5.74) is 0. The Morgan fingerprint density at radius 2 is 2.00 bits per heavy atom. The molecule has 0 aliphatic heterocycles. The summed E-state index contributed by atoms with van der Waals surface area (Å²) in [6.45, 7) is 1.69. The van der Waals surface area contributed by atoms with Crippen molar-refractivity contribution in [2.24, 2.45) is 0 Å². The first kappa shape index (κ1) is 9.96. The largest absolute Gasteiger partial charge is 0.433 e. The monoisotopic (exact) mass is 185 g/mol. The van der Waals surface area contributed by atoms with Crippen LogP contribution in [0.15, 0.2) is 24.3 Å². The highest BCUT2D eigenvalue weighted by molar-refractivity contribution is 5.20. The molecule has 1 aromatic carbocycles. The van der Waals surface area contributed by atoms with Crippen molar-refractivity contribution in [3.8, 4) is 5.75 Å². The Labute approximate surface area is 76.3 Å². The number of benzene rings is 1. The first-order valence-electron chi connectivity index (χ1n) is 4.17. The van der Waals surface area contributed by atoms with Crippen LogP contribution in [-0.4, -0.2) is 6.11 Å². The summed E-state index contributed by atoms with van der Waals surface area (Å²) in [5, 5.41) is 0. The Kier molecular flexibility index (Phi) is 3.23. The fourth-order valence-electron chi connectivity index (χ4n) is 0.954. The predicted octanol–water partition coefficient (Wildman–Crippen LogP) is 3.26. The third-order valence-electron chi connectivity index (χ3n) is 1.50. The van der Waals surface area contributed by atoms with Crippen LogP contribution in [0.3, 0.4) is 0 Å². The van der Waals surface area contributed by atoms with Gasteiger partial charge in [0.25, 0.3) is 0 Å². The minimum absolute atomic E-state index is 0.178. The van der Waals surface area contributed by atoms with Crippen LogP contribution in [0.25, 0.3) is 0 Å². The van der Waals surface area contributed by atoms with Crippen LogP contribution in [0.1, 0.15) is 19.8 Å². The van der Waals surface area contributed by atoms with E-state index in [9.17, 15) is 8.78 Å². The molecule has 1 radical (unpaired) electrons. The standard InChI is InChI=1S/C10H11F2O/c1-2-8-10(11,12)13-9-6-4-3-5-7-9/h4-7H,2,8H2,1H3. The van der Waals surface area contributed by atoms with Crippen LogP contribution in [0.4, 0.5) is 8.78 Å². The molecule has 71 valence electrons. The highest BCUT2D eigenvalue weighted by atomic mass is 19.3. The summed E-state index contributed by atoms with van der Waals surface area (Å²) in [4.78, 5) is 0. The number of halogens is 2. The van der Waals surface area contributed by atoms with E-state index in [-0.39, 0.29) is 12.2 Å². The zero-order chi connectivity index (χ0) is 9.73. The zero-order valence-corrected chi connectivity index (χ0v) is 7.39. The second-order valence-electron chi connectivity index (χ2n) is 2.73. The van der Waals surface area contributed by atoms with Crippen LogP contribution in [0.5, 0.6) is 5.75 Å². The van der Waals surface area contributed by atoms with Crippen LogP contribution >= 0.6 is 0 Å². The minimum atomic E-state index is -3.06. The van der Waals surface area contributed by atoms with E-state index >= 15 is 0 Å². The van der Waals surface area contributed by atoms with Crippen LogP contribution in [-0.2, 0) is 0 Å². The molecule has 0 fully saturated rings. The average Bonchev–Trinajstić information content (AvgIpc) is 2.04. The van der Waals surface area contributed by atoms with Gasteiger partial charge >= 0.3 is 6.11 Å². The second-order valence-corrected chi connectivity index (χ2v) is 2.73. The molecule has 0 spiro atoms. The molecule has 0 saturated carbocycles. The lowest BCUT2D eigenvalue weighted by Crippen LogP contribution is -2.23. The van der Waals surface area contributed by atoms with Crippen molar-refractivity contribution in [2.45, 2.75) is 25.9 Å². The summed E-state index contributed by atoms with van der Waals surface area (Å²) < 4.78 is 30.2. The quantitative estimate of drug-likeness (QED) is 0.699. The van der Waals surface area contributed by atoms with E-state index in [0.717, 1.165) is 0 Å². The highest BCUT2D eigenvalue weighted by Gasteiger charge is 2.29. The van der Waals surface area contributed by atoms with Gasteiger partial charge < -0.3 is 4.74 Å². The molecule has 0 aliphatic rings. The number of hydrogen-bond acceptors (Lipinski definition) is 1. The molecule has 13 heavy (non-hydrogen) atoms. The van der Waals surface area contributed by atoms with E-state index in [4.69, 9.17) is 0 Å². The third-order valence-corrected chi connectivity index (χ3v) is 1.50. The minimum Gasteiger partial charge on any atom is -0.433 e. The molecule has 0 aliphatic carbocycles. The number of hydrogen-bond donors (Lipinski definition) is 0. The summed E-state index contributed by atoms with van der Waals surface area (Å²) in [6.07, 6.45) is -2.92. The fraction of sp³-hybridized carbons (Fsp3) is 0.400. The first-order chi connectivity index (χ1) is 6.14. The SMILES string of the molecule is CCCC(F)(F)Oc1cc[c]cc1. The third kappa shape index (κ3) is 3.40. The van der Waals surface area contributed by atoms with Crippen LogP contribution in [0.2, 0.25) is 0 Å². The van der Waals surface area contributed by atoms with Crippen molar-refractivity contribution < 1.29 is 13.5 Å². The van der Waals surface area contributed by atoms with Crippen molar-refractivity contribution in [1.29, 1.82) is 0 Å². The number of alkyl halides is 2. The van der Waals surface area contributed by atoms with E-state index in [1.165, 1.54) is 24.3 Å². The number of ether oxygens (including phenoxy) is 1. The van der Waals surface area contributed by atoms with Gasteiger partial charge in [0, 0.05) is 0 Å². The van der Waals surface area contributed by atoms with Crippen molar-refractivity contribution in [3.63, 3.8) is 0 Å². The van der Waals surface area contributed by atoms with Gasteiger partial charge in [0.2, 0.25) is 0 Å². The van der Waals surface area contributed by atoms with E-state index in [1.54, 1.807) is 6.92 Å². The molecule has 0 atom stereocenters. The van der Waals surface area contributed by atoms with Crippen LogP contribution in [0, 0.1) is 6.07 Å². The van der Waals surface area contributed by atoms with Gasteiger partial charge in [-0.1, -0.05) is 19.1 Å². The molecule has 1 nitrogen and oxygen atoms in total. The number of rotatable bonds is 4. The molecule has 3 heteroatoms. The molecule has 0 saturated heterocycles. The lowest BCUT2D eigenvalue weighted by atomic mass is 10.3. The van der Waals surface area contributed by atoms with Gasteiger partial charge in [-0.25, -0.2) is 0 Å². The highest BCUT2D eigenvalue weighted by Crippen LogP contribution is 2.24. The Morgan fingerprint density at radius 1 is 1.38 bits per heavy atom. The van der Waals surface area contributed by atoms with Crippen LogP contribution < -0.4 is 4.74 Å². The van der Waals surface area contributed by atoms with Gasteiger partial charge in [0.05, 0.1) is 6.42 Å². The predicted molar refractivity (Wildman–Crippen MR) is 45.8 cm³/mol. The van der Waals surface area contributed by atoms with Crippen molar-refractivity contribution >= 4 is 0 Å². The van der Waals surface area contributed by atoms with Crippen molar-refractivity contribution in [1.82, 2.24) is 0 Å². The average molecular weight is 185 g/mol. The first-order valence-corrected chi connectivity index (χ1v) is 4.17. The normalized spacial score (nSPS) is 11.3. The van der Waals surface area contributed by atoms with Gasteiger partial charge in [-0.15, -0.1) is 0 Å². The second kappa shape index (κ2) is 4.21. The maximum absolute atomic E-state index is 12.9. The molecule has 0 N–H and O–H groups in total. The van der Waals surface area contributed by atoms with Crippen molar-refractivity contribution in [3.05, 3.63) is 30.3 Å². The molecular formula is C10H11F2O. The Bertz CT molecular complexity index is 246. The molecule has 1 aromatic rings. The Hall–Kier alpha value is -1.12. The molecule has 0 bridgehead atoms. The molecule has 0 heterocycles. The maximum Gasteiger partial charge on any atom is 0.397 e. The van der Waals surface area contributed by atoms with E-state index in [2.05, 4.69) is 10.8 Å². The smallest absolute Gasteiger partial charge is 0.397 e. The van der Waals surface area contributed by atoms with E-state index < -0.39 is 6.11 Å². The van der Waals surface area contributed by atoms with Gasteiger partial charge in [-0.3, -0.25) is 0 Å². The summed E-state index contributed by atoms with van der Waals surface area (Å²) >= 11 is 0. The summed E-state index contributed by atoms with van der Waals surface area (Å²) in [6, 6.07) is 8.73. The van der Waals surface area contributed by atoms with Gasteiger partial charge in [-0.2, -0.15) is 8.78 Å². The lowest BCUT2D eigenvalue weighted by Gasteiger charge is -2.16. The molecular weight excluding hydrogens is 174 g/mol. The molecule has 0 amide bonds. The maximum atomic E-state index is 12.9.